The molecule has 0 aromatic rings. The summed E-state index contributed by atoms with van der Waals surface area (Å²) < 4.78 is 0. The standard InChI is InChI=1S/C16H28N2OS/c1-11-3-5-13(6-4-11)14(19)18-16(15(17)20)9-7-12(2)8-10-16/h11-13H,3-10H2,1-2H3,(H2,17,20)(H,18,19). The second kappa shape index (κ2) is 6.42. The second-order valence-corrected chi connectivity index (χ2v) is 7.51. The van der Waals surface area contributed by atoms with E-state index in [1.54, 1.807) is 0 Å². The lowest BCUT2D eigenvalue weighted by Gasteiger charge is -2.40. The molecule has 2 fully saturated rings. The lowest BCUT2D eigenvalue weighted by atomic mass is 9.76. The van der Waals surface area contributed by atoms with Gasteiger partial charge in [0, 0.05) is 5.92 Å². The fraction of sp³-hybridized carbons (Fsp3) is 0.875. The maximum Gasteiger partial charge on any atom is 0.223 e. The lowest BCUT2D eigenvalue weighted by molar-refractivity contribution is -0.127. The van der Waals surface area contributed by atoms with E-state index in [4.69, 9.17) is 18.0 Å². The number of carbonyl (C=O) groups excluding carboxylic acids is 1. The van der Waals surface area contributed by atoms with Gasteiger partial charge in [-0.1, -0.05) is 26.1 Å². The summed E-state index contributed by atoms with van der Waals surface area (Å²) in [6, 6.07) is 0. The summed E-state index contributed by atoms with van der Waals surface area (Å²) in [6.45, 7) is 4.53. The molecule has 0 radical (unpaired) electrons. The first-order valence-corrected chi connectivity index (χ1v) is 8.46. The highest BCUT2D eigenvalue weighted by molar-refractivity contribution is 7.80. The lowest BCUT2D eigenvalue weighted by Crippen LogP contribution is -2.59. The van der Waals surface area contributed by atoms with E-state index in [2.05, 4.69) is 19.2 Å². The van der Waals surface area contributed by atoms with Crippen molar-refractivity contribution in [1.29, 1.82) is 0 Å². The average molecular weight is 296 g/mol. The van der Waals surface area contributed by atoms with Crippen molar-refractivity contribution >= 4 is 23.1 Å². The van der Waals surface area contributed by atoms with Gasteiger partial charge in [-0.05, 0) is 63.2 Å². The van der Waals surface area contributed by atoms with Crippen LogP contribution in [0.1, 0.15) is 65.2 Å². The second-order valence-electron chi connectivity index (χ2n) is 7.07. The smallest absolute Gasteiger partial charge is 0.223 e. The summed E-state index contributed by atoms with van der Waals surface area (Å²) >= 11 is 5.27. The Morgan fingerprint density at radius 2 is 1.55 bits per heavy atom. The van der Waals surface area contributed by atoms with Gasteiger partial charge in [0.1, 0.15) is 0 Å². The normalized spacial score (nSPS) is 38.2. The number of amides is 1. The highest BCUT2D eigenvalue weighted by atomic mass is 32.1. The van der Waals surface area contributed by atoms with Gasteiger partial charge in [0.2, 0.25) is 5.91 Å². The molecule has 3 N–H and O–H groups in total. The quantitative estimate of drug-likeness (QED) is 0.787. The van der Waals surface area contributed by atoms with E-state index in [0.717, 1.165) is 57.3 Å². The number of nitrogens with two attached hydrogens (primary N) is 1. The fourth-order valence-electron chi connectivity index (χ4n) is 3.55. The number of hydrogen-bond donors (Lipinski definition) is 2. The van der Waals surface area contributed by atoms with Crippen LogP contribution >= 0.6 is 12.2 Å². The molecule has 3 nitrogen and oxygen atoms in total. The molecule has 2 rings (SSSR count). The van der Waals surface area contributed by atoms with E-state index in [-0.39, 0.29) is 11.8 Å². The summed E-state index contributed by atoms with van der Waals surface area (Å²) in [6.07, 6.45) is 8.34. The Morgan fingerprint density at radius 3 is 2.05 bits per heavy atom. The van der Waals surface area contributed by atoms with Gasteiger partial charge < -0.3 is 11.1 Å². The molecule has 0 saturated heterocycles. The van der Waals surface area contributed by atoms with E-state index in [1.807, 2.05) is 0 Å². The van der Waals surface area contributed by atoms with Crippen LogP contribution in [-0.4, -0.2) is 16.4 Å². The summed E-state index contributed by atoms with van der Waals surface area (Å²) in [5.41, 5.74) is 5.55. The summed E-state index contributed by atoms with van der Waals surface area (Å²) in [7, 11) is 0. The molecule has 2 aliphatic rings. The van der Waals surface area contributed by atoms with Crippen LogP contribution < -0.4 is 11.1 Å². The minimum atomic E-state index is -0.415. The van der Waals surface area contributed by atoms with E-state index in [1.165, 1.54) is 0 Å². The van der Waals surface area contributed by atoms with Crippen molar-refractivity contribution < 1.29 is 4.79 Å². The van der Waals surface area contributed by atoms with Crippen LogP contribution in [0.2, 0.25) is 0 Å². The predicted octanol–water partition coefficient (Wildman–Crippen LogP) is 3.16. The van der Waals surface area contributed by atoms with E-state index in [0.29, 0.717) is 10.9 Å². The average Bonchev–Trinajstić information content (AvgIpc) is 2.42. The number of carbonyl (C=O) groups is 1. The Kier molecular flexibility index (Phi) is 5.05. The zero-order valence-corrected chi connectivity index (χ0v) is 13.6. The first-order chi connectivity index (χ1) is 9.43. The van der Waals surface area contributed by atoms with Crippen molar-refractivity contribution in [2.24, 2.45) is 23.5 Å². The molecule has 2 saturated carbocycles. The third-order valence-electron chi connectivity index (χ3n) is 5.35. The van der Waals surface area contributed by atoms with Crippen molar-refractivity contribution in [1.82, 2.24) is 5.32 Å². The summed E-state index contributed by atoms with van der Waals surface area (Å²) in [4.78, 5) is 13.0. The zero-order chi connectivity index (χ0) is 14.8. The van der Waals surface area contributed by atoms with Crippen molar-refractivity contribution in [3.63, 3.8) is 0 Å². The van der Waals surface area contributed by atoms with Crippen LogP contribution in [-0.2, 0) is 4.79 Å². The Hall–Kier alpha value is -0.640. The SMILES string of the molecule is CC1CCC(C(=O)NC2(C(N)=S)CCC(C)CC2)CC1. The molecular weight excluding hydrogens is 268 g/mol. The minimum Gasteiger partial charge on any atom is -0.391 e. The molecular formula is C16H28N2OS. The Labute approximate surface area is 128 Å². The van der Waals surface area contributed by atoms with Crippen LogP contribution in [0.15, 0.2) is 0 Å². The molecule has 0 aromatic carbocycles. The van der Waals surface area contributed by atoms with Gasteiger partial charge in [-0.15, -0.1) is 0 Å². The van der Waals surface area contributed by atoms with E-state index < -0.39 is 5.54 Å². The van der Waals surface area contributed by atoms with Crippen molar-refractivity contribution in [2.45, 2.75) is 70.8 Å². The molecule has 0 heterocycles. The van der Waals surface area contributed by atoms with Gasteiger partial charge in [0.05, 0.1) is 10.5 Å². The van der Waals surface area contributed by atoms with Crippen LogP contribution in [0.5, 0.6) is 0 Å². The van der Waals surface area contributed by atoms with Crippen molar-refractivity contribution in [3.8, 4) is 0 Å². The number of nitrogens with one attached hydrogen (secondary N) is 1. The Bertz CT molecular complexity index is 367. The van der Waals surface area contributed by atoms with Gasteiger partial charge in [0.15, 0.2) is 0 Å². The van der Waals surface area contributed by atoms with Crippen molar-refractivity contribution in [3.05, 3.63) is 0 Å². The molecule has 1 amide bonds. The highest BCUT2D eigenvalue weighted by Crippen LogP contribution is 2.34. The van der Waals surface area contributed by atoms with Gasteiger partial charge in [-0.2, -0.15) is 0 Å². The molecule has 0 atom stereocenters. The highest BCUT2D eigenvalue weighted by Gasteiger charge is 2.39. The van der Waals surface area contributed by atoms with Gasteiger partial charge in [-0.25, -0.2) is 0 Å². The molecule has 20 heavy (non-hydrogen) atoms. The maximum atomic E-state index is 12.5. The summed E-state index contributed by atoms with van der Waals surface area (Å²) in [5.74, 6) is 1.82. The number of hydrogen-bond acceptors (Lipinski definition) is 2. The summed E-state index contributed by atoms with van der Waals surface area (Å²) in [5, 5.41) is 3.23. The largest absolute Gasteiger partial charge is 0.391 e. The Balaban J connectivity index is 1.98. The molecule has 4 heteroatoms. The molecule has 0 aromatic heterocycles. The Morgan fingerprint density at radius 1 is 1.05 bits per heavy atom. The molecule has 0 aliphatic heterocycles. The molecule has 2 aliphatic carbocycles. The van der Waals surface area contributed by atoms with Crippen LogP contribution in [0.3, 0.4) is 0 Å². The third-order valence-corrected chi connectivity index (χ3v) is 5.74. The van der Waals surface area contributed by atoms with Crippen LogP contribution in [0.25, 0.3) is 0 Å². The zero-order valence-electron chi connectivity index (χ0n) is 12.8. The molecule has 0 spiro atoms. The predicted molar refractivity (Wildman–Crippen MR) is 86.4 cm³/mol. The van der Waals surface area contributed by atoms with E-state index >= 15 is 0 Å². The van der Waals surface area contributed by atoms with Gasteiger partial charge >= 0.3 is 0 Å². The van der Waals surface area contributed by atoms with E-state index in [9.17, 15) is 4.79 Å². The monoisotopic (exact) mass is 296 g/mol. The number of rotatable bonds is 3. The minimum absolute atomic E-state index is 0.164. The molecule has 0 bridgehead atoms. The molecule has 114 valence electrons. The first kappa shape index (κ1) is 15.7. The van der Waals surface area contributed by atoms with Crippen molar-refractivity contribution in [2.75, 3.05) is 0 Å². The molecule has 0 unspecified atom stereocenters. The fourth-order valence-corrected chi connectivity index (χ4v) is 3.80. The maximum absolute atomic E-state index is 12.5. The van der Waals surface area contributed by atoms with Crippen LogP contribution in [0, 0.1) is 17.8 Å². The number of thiocarbonyl (C=S) groups is 1. The van der Waals surface area contributed by atoms with Crippen LogP contribution in [0.4, 0.5) is 0 Å². The topological polar surface area (TPSA) is 55.1 Å². The van der Waals surface area contributed by atoms with Gasteiger partial charge in [0.25, 0.3) is 0 Å². The van der Waals surface area contributed by atoms with Gasteiger partial charge in [-0.3, -0.25) is 4.79 Å². The third kappa shape index (κ3) is 3.51. The first-order valence-electron chi connectivity index (χ1n) is 8.05.